The summed E-state index contributed by atoms with van der Waals surface area (Å²) >= 11 is 0. The molecule has 0 saturated carbocycles. The summed E-state index contributed by atoms with van der Waals surface area (Å²) in [5.41, 5.74) is 0.558. The molecular weight excluding hydrogens is 102 g/mol. The number of aryl methyl sites for hydroxylation is 1. The number of nitrogens with zero attached hydrogens (tertiary/aromatic N) is 1. The van der Waals surface area contributed by atoms with Crippen molar-refractivity contribution < 1.29 is 4.52 Å². The zero-order valence-electron chi connectivity index (χ0n) is 4.51. The van der Waals surface area contributed by atoms with E-state index in [9.17, 15) is 0 Å². The molecule has 0 aliphatic rings. The quantitative estimate of drug-likeness (QED) is 0.461. The van der Waals surface area contributed by atoms with Crippen LogP contribution < -0.4 is 0 Å². The van der Waals surface area contributed by atoms with E-state index in [1.54, 1.807) is 13.0 Å². The molecule has 8 heavy (non-hydrogen) atoms. The molecular formula is C6H5NO. The minimum Gasteiger partial charge on any atom is -0.360 e. The molecule has 1 heterocycles. The van der Waals surface area contributed by atoms with E-state index in [0.717, 1.165) is 5.76 Å². The molecule has 0 saturated heterocycles. The van der Waals surface area contributed by atoms with Crippen LogP contribution >= 0.6 is 0 Å². The fourth-order valence-corrected chi connectivity index (χ4v) is 0.434. The number of rotatable bonds is 0. The molecule has 0 atom stereocenters. The van der Waals surface area contributed by atoms with Crippen LogP contribution in [0, 0.1) is 19.3 Å². The summed E-state index contributed by atoms with van der Waals surface area (Å²) in [5, 5.41) is 3.52. The first-order valence-electron chi connectivity index (χ1n) is 2.23. The fourth-order valence-electron chi connectivity index (χ4n) is 0.434. The lowest BCUT2D eigenvalue weighted by Crippen LogP contribution is -1.64. The van der Waals surface area contributed by atoms with E-state index >= 15 is 0 Å². The molecule has 1 rings (SSSR count). The molecule has 2 nitrogen and oxygen atoms in total. The summed E-state index contributed by atoms with van der Waals surface area (Å²) in [7, 11) is 0. The Morgan fingerprint density at radius 3 is 2.88 bits per heavy atom. The normalized spacial score (nSPS) is 8.50. The van der Waals surface area contributed by atoms with Gasteiger partial charge in [-0.3, -0.25) is 0 Å². The van der Waals surface area contributed by atoms with Gasteiger partial charge in [-0.2, -0.15) is 0 Å². The van der Waals surface area contributed by atoms with E-state index in [1.807, 2.05) is 0 Å². The van der Waals surface area contributed by atoms with Crippen LogP contribution in [-0.2, 0) is 0 Å². The van der Waals surface area contributed by atoms with Crippen molar-refractivity contribution in [3.63, 3.8) is 0 Å². The molecule has 0 aromatic carbocycles. The first-order chi connectivity index (χ1) is 3.83. The number of hydrogen-bond acceptors (Lipinski definition) is 2. The maximum Gasteiger partial charge on any atom is 0.156 e. The van der Waals surface area contributed by atoms with Gasteiger partial charge >= 0.3 is 0 Å². The minimum absolute atomic E-state index is 0.558. The Labute approximate surface area is 47.5 Å². The highest BCUT2D eigenvalue weighted by molar-refractivity contribution is 5.22. The largest absolute Gasteiger partial charge is 0.360 e. The van der Waals surface area contributed by atoms with Crippen LogP contribution in [0.25, 0.3) is 0 Å². The van der Waals surface area contributed by atoms with E-state index in [-0.39, 0.29) is 0 Å². The lowest BCUT2D eigenvalue weighted by atomic mass is 10.4. The second-order valence-electron chi connectivity index (χ2n) is 1.47. The molecule has 40 valence electrons. The lowest BCUT2D eigenvalue weighted by Gasteiger charge is -1.65. The maximum absolute atomic E-state index is 4.99. The third-order valence-corrected chi connectivity index (χ3v) is 0.776. The summed E-state index contributed by atoms with van der Waals surface area (Å²) in [6.07, 6.45) is 4.99. The van der Waals surface area contributed by atoms with Gasteiger partial charge in [-0.25, -0.2) is 0 Å². The summed E-state index contributed by atoms with van der Waals surface area (Å²) in [6, 6.07) is 1.71. The van der Waals surface area contributed by atoms with E-state index in [0.29, 0.717) is 5.69 Å². The van der Waals surface area contributed by atoms with Gasteiger partial charge < -0.3 is 4.52 Å². The van der Waals surface area contributed by atoms with Crippen molar-refractivity contribution in [2.24, 2.45) is 0 Å². The summed E-state index contributed by atoms with van der Waals surface area (Å²) < 4.78 is 4.66. The molecule has 2 heteroatoms. The van der Waals surface area contributed by atoms with Crippen molar-refractivity contribution in [2.45, 2.75) is 6.92 Å². The average molecular weight is 107 g/mol. The number of hydrogen-bond donors (Lipinski definition) is 0. The molecule has 1 aromatic rings. The van der Waals surface area contributed by atoms with Crippen LogP contribution in [0.5, 0.6) is 0 Å². The predicted octanol–water partition coefficient (Wildman–Crippen LogP) is 0.964. The Morgan fingerprint density at radius 1 is 1.88 bits per heavy atom. The summed E-state index contributed by atoms with van der Waals surface area (Å²) in [6.45, 7) is 1.80. The molecule has 0 bridgehead atoms. The maximum atomic E-state index is 4.99. The van der Waals surface area contributed by atoms with Gasteiger partial charge in [0, 0.05) is 6.07 Å². The standard InChI is InChI=1S/C6H5NO/c1-3-6-4-5(2)8-7-6/h1,4H,2H3. The average Bonchev–Trinajstić information content (AvgIpc) is 2.14. The van der Waals surface area contributed by atoms with Gasteiger partial charge in [-0.1, -0.05) is 5.16 Å². The van der Waals surface area contributed by atoms with Crippen LogP contribution in [0.4, 0.5) is 0 Å². The molecule has 0 aliphatic heterocycles. The predicted molar refractivity (Wildman–Crippen MR) is 29.2 cm³/mol. The SMILES string of the molecule is C#Cc1cc(C)on1. The van der Waals surface area contributed by atoms with Crippen molar-refractivity contribution in [1.29, 1.82) is 0 Å². The Hall–Kier alpha value is -1.23. The van der Waals surface area contributed by atoms with Crippen LogP contribution in [0.2, 0.25) is 0 Å². The zero-order chi connectivity index (χ0) is 5.98. The number of terminal acetylenes is 1. The minimum atomic E-state index is 0.558. The van der Waals surface area contributed by atoms with Crippen LogP contribution in [-0.4, -0.2) is 5.16 Å². The van der Waals surface area contributed by atoms with Gasteiger partial charge in [0.2, 0.25) is 0 Å². The third kappa shape index (κ3) is 0.710. The van der Waals surface area contributed by atoms with Gasteiger partial charge in [0.25, 0.3) is 0 Å². The molecule has 0 spiro atoms. The zero-order valence-corrected chi connectivity index (χ0v) is 4.51. The Kier molecular flexibility index (Phi) is 1.05. The molecule has 0 aliphatic carbocycles. The molecule has 0 N–H and O–H groups in total. The molecule has 0 fully saturated rings. The van der Waals surface area contributed by atoms with Gasteiger partial charge in [0.1, 0.15) is 5.76 Å². The highest BCUT2D eigenvalue weighted by Gasteiger charge is 1.91. The molecule has 0 amide bonds. The first-order valence-corrected chi connectivity index (χ1v) is 2.23. The Bertz CT molecular complexity index is 219. The van der Waals surface area contributed by atoms with Crippen molar-refractivity contribution in [1.82, 2.24) is 5.16 Å². The van der Waals surface area contributed by atoms with Gasteiger partial charge in [-0.05, 0) is 12.8 Å². The summed E-state index contributed by atoms with van der Waals surface area (Å²) in [4.78, 5) is 0. The van der Waals surface area contributed by atoms with Crippen molar-refractivity contribution in [2.75, 3.05) is 0 Å². The highest BCUT2D eigenvalue weighted by atomic mass is 16.5. The lowest BCUT2D eigenvalue weighted by molar-refractivity contribution is 0.396. The van der Waals surface area contributed by atoms with Gasteiger partial charge in [0.05, 0.1) is 0 Å². The Balaban J connectivity index is 3.05. The third-order valence-electron chi connectivity index (χ3n) is 0.776. The highest BCUT2D eigenvalue weighted by Crippen LogP contribution is 1.97. The van der Waals surface area contributed by atoms with E-state index in [1.165, 1.54) is 0 Å². The van der Waals surface area contributed by atoms with Crippen LogP contribution in [0.1, 0.15) is 11.5 Å². The topological polar surface area (TPSA) is 26.0 Å². The Morgan fingerprint density at radius 2 is 2.62 bits per heavy atom. The summed E-state index contributed by atoms with van der Waals surface area (Å²) in [5.74, 6) is 3.09. The van der Waals surface area contributed by atoms with Crippen molar-refractivity contribution >= 4 is 0 Å². The first kappa shape index (κ1) is 4.92. The van der Waals surface area contributed by atoms with Crippen molar-refractivity contribution in [3.8, 4) is 12.3 Å². The molecule has 0 radical (unpaired) electrons. The van der Waals surface area contributed by atoms with Crippen molar-refractivity contribution in [3.05, 3.63) is 17.5 Å². The second kappa shape index (κ2) is 1.71. The van der Waals surface area contributed by atoms with Crippen LogP contribution in [0.15, 0.2) is 10.6 Å². The van der Waals surface area contributed by atoms with E-state index in [4.69, 9.17) is 6.42 Å². The fraction of sp³-hybridized carbons (Fsp3) is 0.167. The second-order valence-corrected chi connectivity index (χ2v) is 1.47. The van der Waals surface area contributed by atoms with Gasteiger partial charge in [-0.15, -0.1) is 6.42 Å². The van der Waals surface area contributed by atoms with Crippen LogP contribution in [0.3, 0.4) is 0 Å². The number of aromatic nitrogens is 1. The molecule has 1 aromatic heterocycles. The smallest absolute Gasteiger partial charge is 0.156 e. The molecule has 0 unspecified atom stereocenters. The van der Waals surface area contributed by atoms with E-state index < -0.39 is 0 Å². The van der Waals surface area contributed by atoms with E-state index in [2.05, 4.69) is 15.6 Å². The monoisotopic (exact) mass is 107 g/mol. The van der Waals surface area contributed by atoms with Gasteiger partial charge in [0.15, 0.2) is 5.69 Å².